The molecule has 0 spiro atoms. The molecule has 16 heavy (non-hydrogen) atoms. The van der Waals surface area contributed by atoms with Gasteiger partial charge in [0.25, 0.3) is 0 Å². The van der Waals surface area contributed by atoms with Crippen LogP contribution in [0.15, 0.2) is 6.07 Å². The van der Waals surface area contributed by atoms with Gasteiger partial charge in [-0.2, -0.15) is 12.6 Å². The molecule has 0 unspecified atom stereocenters. The summed E-state index contributed by atoms with van der Waals surface area (Å²) in [5.74, 6) is -0.312. The van der Waals surface area contributed by atoms with Crippen LogP contribution in [0.1, 0.15) is 24.2 Å². The number of benzene rings is 1. The summed E-state index contributed by atoms with van der Waals surface area (Å²) in [6.45, 7) is 3.29. The lowest BCUT2D eigenvalue weighted by Crippen LogP contribution is -2.26. The van der Waals surface area contributed by atoms with Crippen LogP contribution in [0.25, 0.3) is 0 Å². The Labute approximate surface area is 109 Å². The molecule has 1 aromatic rings. The first-order valence-electron chi connectivity index (χ1n) is 4.46. The van der Waals surface area contributed by atoms with Crippen molar-refractivity contribution in [2.75, 3.05) is 11.5 Å². The summed E-state index contributed by atoms with van der Waals surface area (Å²) in [5, 5.41) is 0.315. The molecule has 0 amide bonds. The lowest BCUT2D eigenvalue weighted by molar-refractivity contribution is 0.0960. The predicted molar refractivity (Wildman–Crippen MR) is 72.7 cm³/mol. The van der Waals surface area contributed by atoms with Gasteiger partial charge in [0.2, 0.25) is 0 Å². The van der Waals surface area contributed by atoms with E-state index in [9.17, 15) is 4.79 Å². The van der Waals surface area contributed by atoms with Gasteiger partial charge in [-0.05, 0) is 19.9 Å². The van der Waals surface area contributed by atoms with Crippen LogP contribution in [0, 0.1) is 0 Å². The van der Waals surface area contributed by atoms with E-state index in [2.05, 4.69) is 12.6 Å². The van der Waals surface area contributed by atoms with Gasteiger partial charge in [0.05, 0.1) is 31.7 Å². The fraction of sp³-hybridized carbons (Fsp3) is 0.300. The highest BCUT2D eigenvalue weighted by molar-refractivity contribution is 7.82. The van der Waals surface area contributed by atoms with E-state index in [1.165, 1.54) is 6.07 Å². The number of anilines is 2. The average Bonchev–Trinajstić information content (AvgIpc) is 2.13. The van der Waals surface area contributed by atoms with Gasteiger partial charge in [-0.1, -0.05) is 23.2 Å². The molecule has 6 heteroatoms. The van der Waals surface area contributed by atoms with Crippen LogP contribution < -0.4 is 11.5 Å². The molecule has 0 aliphatic rings. The molecule has 0 saturated heterocycles. The Kier molecular flexibility index (Phi) is 3.67. The van der Waals surface area contributed by atoms with Crippen molar-refractivity contribution in [3.63, 3.8) is 0 Å². The zero-order valence-electron chi connectivity index (χ0n) is 8.84. The molecule has 0 bridgehead atoms. The summed E-state index contributed by atoms with van der Waals surface area (Å²) in [6, 6.07) is 1.42. The number of carbonyl (C=O) groups excluding carboxylic acids is 1. The Morgan fingerprint density at radius 3 is 2.31 bits per heavy atom. The number of halogens is 2. The Morgan fingerprint density at radius 2 is 1.88 bits per heavy atom. The van der Waals surface area contributed by atoms with E-state index in [-0.39, 0.29) is 32.8 Å². The normalized spacial score (nSPS) is 11.6. The molecule has 0 aliphatic heterocycles. The minimum atomic E-state index is -0.894. The largest absolute Gasteiger partial charge is 0.397 e. The summed E-state index contributed by atoms with van der Waals surface area (Å²) >= 11 is 16.0. The van der Waals surface area contributed by atoms with Crippen molar-refractivity contribution in [3.05, 3.63) is 21.7 Å². The van der Waals surface area contributed by atoms with Crippen LogP contribution in [0.5, 0.6) is 0 Å². The number of carbonyl (C=O) groups is 1. The average molecular weight is 279 g/mol. The predicted octanol–water partition coefficient (Wildman–Crippen LogP) is 3.05. The van der Waals surface area contributed by atoms with Crippen molar-refractivity contribution < 1.29 is 4.79 Å². The molecule has 88 valence electrons. The second-order valence-electron chi connectivity index (χ2n) is 3.94. The molecule has 3 nitrogen and oxygen atoms in total. The van der Waals surface area contributed by atoms with Gasteiger partial charge in [0, 0.05) is 0 Å². The molecular formula is C10H12Cl2N2OS. The van der Waals surface area contributed by atoms with Crippen LogP contribution in [0.3, 0.4) is 0 Å². The zero-order valence-corrected chi connectivity index (χ0v) is 11.2. The molecule has 0 atom stereocenters. The Hall–Kier alpha value is -0.580. The SMILES string of the molecule is CC(C)(S)C(=O)c1c(N)c(N)cc(Cl)c1Cl. The van der Waals surface area contributed by atoms with Gasteiger partial charge in [0.15, 0.2) is 5.78 Å². The fourth-order valence-corrected chi connectivity index (χ4v) is 1.75. The van der Waals surface area contributed by atoms with Crippen molar-refractivity contribution in [1.29, 1.82) is 0 Å². The number of rotatable bonds is 2. The van der Waals surface area contributed by atoms with Crippen molar-refractivity contribution in [2.45, 2.75) is 18.6 Å². The van der Waals surface area contributed by atoms with Gasteiger partial charge < -0.3 is 11.5 Å². The van der Waals surface area contributed by atoms with Crippen molar-refractivity contribution in [3.8, 4) is 0 Å². The first kappa shape index (κ1) is 13.5. The van der Waals surface area contributed by atoms with Crippen molar-refractivity contribution in [2.24, 2.45) is 0 Å². The molecule has 0 aliphatic carbocycles. The van der Waals surface area contributed by atoms with Crippen LogP contribution in [-0.4, -0.2) is 10.5 Å². The highest BCUT2D eigenvalue weighted by Gasteiger charge is 2.29. The van der Waals surface area contributed by atoms with E-state index in [0.717, 1.165) is 0 Å². The molecule has 0 aromatic heterocycles. The first-order chi connectivity index (χ1) is 7.16. The first-order valence-corrected chi connectivity index (χ1v) is 5.66. The minimum absolute atomic E-state index is 0.112. The summed E-state index contributed by atoms with van der Waals surface area (Å²) in [4.78, 5) is 12.1. The van der Waals surface area contributed by atoms with E-state index < -0.39 is 4.75 Å². The lowest BCUT2D eigenvalue weighted by atomic mass is 9.98. The number of hydrogen-bond acceptors (Lipinski definition) is 4. The maximum atomic E-state index is 12.1. The quantitative estimate of drug-likeness (QED) is 0.442. The maximum Gasteiger partial charge on any atom is 0.181 e. The second-order valence-corrected chi connectivity index (χ2v) is 5.84. The molecule has 0 radical (unpaired) electrons. The molecular weight excluding hydrogens is 267 g/mol. The third kappa shape index (κ3) is 2.39. The molecule has 0 heterocycles. The summed E-state index contributed by atoms with van der Waals surface area (Å²) in [6.07, 6.45) is 0. The Balaban J connectivity index is 3.50. The zero-order chi connectivity index (χ0) is 12.7. The molecule has 1 aromatic carbocycles. The topological polar surface area (TPSA) is 69.1 Å². The van der Waals surface area contributed by atoms with Crippen LogP contribution in [0.2, 0.25) is 10.0 Å². The van der Waals surface area contributed by atoms with Gasteiger partial charge in [-0.3, -0.25) is 4.79 Å². The number of nitrogen functional groups attached to an aromatic ring is 2. The highest BCUT2D eigenvalue weighted by atomic mass is 35.5. The molecule has 0 fully saturated rings. The number of nitrogens with two attached hydrogens (primary N) is 2. The molecule has 0 saturated carbocycles. The smallest absolute Gasteiger partial charge is 0.181 e. The Bertz CT molecular complexity index is 429. The van der Waals surface area contributed by atoms with Gasteiger partial charge in [-0.25, -0.2) is 0 Å². The van der Waals surface area contributed by atoms with Gasteiger partial charge >= 0.3 is 0 Å². The number of thiol groups is 1. The van der Waals surface area contributed by atoms with Crippen LogP contribution in [-0.2, 0) is 0 Å². The number of Topliss-reactive ketones (excluding diaryl/α,β-unsaturated/α-hetero) is 1. The molecule has 4 N–H and O–H groups in total. The van der Waals surface area contributed by atoms with Gasteiger partial charge in [-0.15, -0.1) is 0 Å². The van der Waals surface area contributed by atoms with E-state index in [0.29, 0.717) is 0 Å². The highest BCUT2D eigenvalue weighted by Crippen LogP contribution is 2.37. The fourth-order valence-electron chi connectivity index (χ4n) is 1.19. The van der Waals surface area contributed by atoms with E-state index in [1.807, 2.05) is 0 Å². The maximum absolute atomic E-state index is 12.1. The number of hydrogen-bond donors (Lipinski definition) is 3. The number of ketones is 1. The van der Waals surface area contributed by atoms with Crippen LogP contribution in [0.4, 0.5) is 11.4 Å². The van der Waals surface area contributed by atoms with Crippen molar-refractivity contribution >= 4 is 53.0 Å². The third-order valence-electron chi connectivity index (χ3n) is 2.07. The van der Waals surface area contributed by atoms with E-state index >= 15 is 0 Å². The lowest BCUT2D eigenvalue weighted by Gasteiger charge is -2.19. The van der Waals surface area contributed by atoms with Crippen LogP contribution >= 0.6 is 35.8 Å². The summed E-state index contributed by atoms with van der Waals surface area (Å²) in [5.41, 5.74) is 11.9. The van der Waals surface area contributed by atoms with Crippen molar-refractivity contribution in [1.82, 2.24) is 0 Å². The minimum Gasteiger partial charge on any atom is -0.397 e. The summed E-state index contributed by atoms with van der Waals surface area (Å²) < 4.78 is -0.894. The monoisotopic (exact) mass is 278 g/mol. The van der Waals surface area contributed by atoms with Gasteiger partial charge in [0.1, 0.15) is 0 Å². The summed E-state index contributed by atoms with van der Waals surface area (Å²) in [7, 11) is 0. The second kappa shape index (κ2) is 4.35. The third-order valence-corrected chi connectivity index (χ3v) is 3.06. The van der Waals surface area contributed by atoms with E-state index in [4.69, 9.17) is 34.7 Å². The van der Waals surface area contributed by atoms with E-state index in [1.54, 1.807) is 13.8 Å². The standard InChI is InChI=1S/C10H12Cl2N2OS/c1-10(2,16)9(15)6-7(12)4(11)3-5(13)8(6)14/h3,16H,13-14H2,1-2H3. The Morgan fingerprint density at radius 1 is 1.38 bits per heavy atom. The molecule has 1 rings (SSSR count).